The molecule has 1 aliphatic heterocycles. The Kier molecular flexibility index (Phi) is 4.46. The van der Waals surface area contributed by atoms with E-state index in [9.17, 15) is 5.11 Å². The van der Waals surface area contributed by atoms with E-state index in [2.05, 4.69) is 0 Å². The van der Waals surface area contributed by atoms with Crippen LogP contribution in [-0.4, -0.2) is 36.1 Å². The molecule has 78 valence electrons. The zero-order chi connectivity index (χ0) is 9.73. The Bertz CT molecular complexity index is 144. The molecule has 1 aliphatic rings. The highest BCUT2D eigenvalue weighted by molar-refractivity contribution is 6.17. The van der Waals surface area contributed by atoms with Gasteiger partial charge in [-0.2, -0.15) is 0 Å². The minimum atomic E-state index is -0.798. The van der Waals surface area contributed by atoms with Gasteiger partial charge in [0.1, 0.15) is 6.10 Å². The Balaban J connectivity index is 2.51. The maximum absolute atomic E-state index is 9.56. The summed E-state index contributed by atoms with van der Waals surface area (Å²) in [7, 11) is 0. The van der Waals surface area contributed by atoms with Gasteiger partial charge < -0.3 is 14.6 Å². The Labute approximate surface area is 84.0 Å². The fourth-order valence-corrected chi connectivity index (χ4v) is 1.64. The summed E-state index contributed by atoms with van der Waals surface area (Å²) >= 11 is 5.53. The number of rotatable bonds is 4. The topological polar surface area (TPSA) is 38.7 Å². The van der Waals surface area contributed by atoms with E-state index < -0.39 is 11.9 Å². The molecule has 13 heavy (non-hydrogen) atoms. The van der Waals surface area contributed by atoms with Crippen LogP contribution in [0, 0.1) is 0 Å². The van der Waals surface area contributed by atoms with E-state index in [4.69, 9.17) is 21.1 Å². The van der Waals surface area contributed by atoms with Crippen molar-refractivity contribution in [1.29, 1.82) is 0 Å². The number of aliphatic hydroxyl groups is 1. The molecule has 3 nitrogen and oxygen atoms in total. The standard InChI is InChI=1S/C9H17ClO3/c1-8(11)9(13-7-5-10)4-2-3-6-12-9/h8,11H,2-7H2,1H3. The molecule has 2 unspecified atom stereocenters. The van der Waals surface area contributed by atoms with Gasteiger partial charge >= 0.3 is 0 Å². The van der Waals surface area contributed by atoms with E-state index >= 15 is 0 Å². The Hall–Kier alpha value is 0.170. The van der Waals surface area contributed by atoms with Crippen molar-refractivity contribution in [3.8, 4) is 0 Å². The van der Waals surface area contributed by atoms with Crippen molar-refractivity contribution in [3.05, 3.63) is 0 Å². The fourth-order valence-electron chi connectivity index (χ4n) is 1.57. The van der Waals surface area contributed by atoms with E-state index in [0.717, 1.165) is 19.3 Å². The van der Waals surface area contributed by atoms with Gasteiger partial charge in [-0.1, -0.05) is 0 Å². The molecule has 0 amide bonds. The highest BCUT2D eigenvalue weighted by Gasteiger charge is 2.39. The number of alkyl halides is 1. The van der Waals surface area contributed by atoms with Crippen molar-refractivity contribution in [2.75, 3.05) is 19.1 Å². The molecule has 0 spiro atoms. The van der Waals surface area contributed by atoms with E-state index in [1.165, 1.54) is 0 Å². The lowest BCUT2D eigenvalue weighted by Gasteiger charge is -2.39. The van der Waals surface area contributed by atoms with Crippen LogP contribution in [0.4, 0.5) is 0 Å². The van der Waals surface area contributed by atoms with Gasteiger partial charge in [0.25, 0.3) is 0 Å². The van der Waals surface area contributed by atoms with Gasteiger partial charge in [0.2, 0.25) is 0 Å². The van der Waals surface area contributed by atoms with E-state index in [1.807, 2.05) is 0 Å². The van der Waals surface area contributed by atoms with Gasteiger partial charge in [0.05, 0.1) is 13.2 Å². The Morgan fingerprint density at radius 3 is 2.85 bits per heavy atom. The first-order chi connectivity index (χ1) is 6.21. The second kappa shape index (κ2) is 5.15. The molecule has 0 aromatic heterocycles. The largest absolute Gasteiger partial charge is 0.388 e. The lowest BCUT2D eigenvalue weighted by molar-refractivity contribution is -0.293. The third-order valence-electron chi connectivity index (χ3n) is 2.33. The summed E-state index contributed by atoms with van der Waals surface area (Å²) in [6.07, 6.45) is 2.23. The van der Waals surface area contributed by atoms with Gasteiger partial charge in [-0.15, -0.1) is 11.6 Å². The first kappa shape index (κ1) is 11.2. The maximum atomic E-state index is 9.56. The molecule has 0 bridgehead atoms. The third-order valence-corrected chi connectivity index (χ3v) is 2.48. The van der Waals surface area contributed by atoms with Crippen LogP contribution in [0.2, 0.25) is 0 Å². The molecular weight excluding hydrogens is 192 g/mol. The number of hydrogen-bond acceptors (Lipinski definition) is 3. The molecule has 1 saturated heterocycles. The summed E-state index contributed by atoms with van der Waals surface area (Å²) < 4.78 is 11.0. The molecule has 1 fully saturated rings. The van der Waals surface area contributed by atoms with Crippen molar-refractivity contribution in [3.63, 3.8) is 0 Å². The quantitative estimate of drug-likeness (QED) is 0.712. The van der Waals surface area contributed by atoms with Crippen LogP contribution in [0.15, 0.2) is 0 Å². The van der Waals surface area contributed by atoms with Crippen LogP contribution in [0.1, 0.15) is 26.2 Å². The lowest BCUT2D eigenvalue weighted by atomic mass is 10.0. The van der Waals surface area contributed by atoms with Crippen LogP contribution in [0.5, 0.6) is 0 Å². The SMILES string of the molecule is CC(O)C1(OCCCl)CCCCO1. The monoisotopic (exact) mass is 208 g/mol. The number of ether oxygens (including phenoxy) is 2. The van der Waals surface area contributed by atoms with Gasteiger partial charge in [0, 0.05) is 12.3 Å². The van der Waals surface area contributed by atoms with Crippen molar-refractivity contribution in [1.82, 2.24) is 0 Å². The summed E-state index contributed by atoms with van der Waals surface area (Å²) in [5.41, 5.74) is 0. The summed E-state index contributed by atoms with van der Waals surface area (Å²) in [6.45, 7) is 2.78. The molecule has 4 heteroatoms. The molecule has 2 atom stereocenters. The summed E-state index contributed by atoms with van der Waals surface area (Å²) in [6, 6.07) is 0. The smallest absolute Gasteiger partial charge is 0.194 e. The van der Waals surface area contributed by atoms with Gasteiger partial charge in [-0.25, -0.2) is 0 Å². The first-order valence-corrected chi connectivity index (χ1v) is 5.27. The zero-order valence-corrected chi connectivity index (χ0v) is 8.72. The third kappa shape index (κ3) is 2.81. The Morgan fingerprint density at radius 1 is 1.62 bits per heavy atom. The second-order valence-corrected chi connectivity index (χ2v) is 3.71. The first-order valence-electron chi connectivity index (χ1n) is 4.73. The van der Waals surface area contributed by atoms with Crippen molar-refractivity contribution < 1.29 is 14.6 Å². The lowest BCUT2D eigenvalue weighted by Crippen LogP contribution is -2.48. The average Bonchev–Trinajstić information content (AvgIpc) is 2.16. The normalized spacial score (nSPS) is 31.6. The van der Waals surface area contributed by atoms with Crippen molar-refractivity contribution >= 4 is 11.6 Å². The second-order valence-electron chi connectivity index (χ2n) is 3.33. The van der Waals surface area contributed by atoms with Gasteiger partial charge in [0.15, 0.2) is 5.79 Å². The summed E-state index contributed by atoms with van der Waals surface area (Å²) in [4.78, 5) is 0. The minimum Gasteiger partial charge on any atom is -0.388 e. The zero-order valence-electron chi connectivity index (χ0n) is 7.96. The molecule has 1 heterocycles. The predicted octanol–water partition coefficient (Wildman–Crippen LogP) is 1.52. The van der Waals surface area contributed by atoms with Gasteiger partial charge in [-0.3, -0.25) is 0 Å². The molecule has 0 aliphatic carbocycles. The summed E-state index contributed by atoms with van der Waals surface area (Å²) in [5.74, 6) is -0.370. The summed E-state index contributed by atoms with van der Waals surface area (Å²) in [5, 5.41) is 9.56. The van der Waals surface area contributed by atoms with Crippen LogP contribution in [-0.2, 0) is 9.47 Å². The minimum absolute atomic E-state index is 0.423. The Morgan fingerprint density at radius 2 is 2.38 bits per heavy atom. The van der Waals surface area contributed by atoms with E-state index in [1.54, 1.807) is 6.92 Å². The maximum Gasteiger partial charge on any atom is 0.194 e. The molecular formula is C9H17ClO3. The van der Waals surface area contributed by atoms with Crippen molar-refractivity contribution in [2.45, 2.75) is 38.1 Å². The highest BCUT2D eigenvalue weighted by atomic mass is 35.5. The van der Waals surface area contributed by atoms with Crippen LogP contribution in [0.25, 0.3) is 0 Å². The average molecular weight is 209 g/mol. The fraction of sp³-hybridized carbons (Fsp3) is 1.00. The van der Waals surface area contributed by atoms with E-state index in [-0.39, 0.29) is 0 Å². The molecule has 0 aromatic rings. The number of halogens is 1. The van der Waals surface area contributed by atoms with Gasteiger partial charge in [-0.05, 0) is 19.8 Å². The highest BCUT2D eigenvalue weighted by Crippen LogP contribution is 2.29. The molecule has 0 saturated carbocycles. The van der Waals surface area contributed by atoms with Crippen LogP contribution < -0.4 is 0 Å². The van der Waals surface area contributed by atoms with Crippen LogP contribution >= 0.6 is 11.6 Å². The van der Waals surface area contributed by atoms with Crippen LogP contribution in [0.3, 0.4) is 0 Å². The van der Waals surface area contributed by atoms with Crippen molar-refractivity contribution in [2.24, 2.45) is 0 Å². The molecule has 0 radical (unpaired) electrons. The molecule has 1 N–H and O–H groups in total. The molecule has 0 aromatic carbocycles. The number of aliphatic hydroxyl groups excluding tert-OH is 1. The molecule has 1 rings (SSSR count). The van der Waals surface area contributed by atoms with E-state index in [0.29, 0.717) is 19.1 Å². The number of hydrogen-bond donors (Lipinski definition) is 1. The predicted molar refractivity (Wildman–Crippen MR) is 50.9 cm³/mol.